The first-order chi connectivity index (χ1) is 15.8. The molecule has 0 spiro atoms. The van der Waals surface area contributed by atoms with Gasteiger partial charge in [-0.1, -0.05) is 74.1 Å². The standard InChI is InChI=1S/C26H24FN3O2S/c1-26(2)12-18-21(19(31)13-26)20(15-8-4-3-5-9-15)22-23(28-18)29-25(30-24(22)32)33-14-16-10-6-7-11-17(16)27/h3-11,20H,12-14H2,1-2H3,(H2,28,29,30,32)/t20-/m0/s1. The molecule has 5 nitrogen and oxygen atoms in total. The normalized spacial score (nSPS) is 19.0. The van der Waals surface area contributed by atoms with Crippen molar-refractivity contribution in [1.29, 1.82) is 0 Å². The summed E-state index contributed by atoms with van der Waals surface area (Å²) in [6, 6.07) is 16.2. The van der Waals surface area contributed by atoms with E-state index in [1.165, 1.54) is 17.8 Å². The van der Waals surface area contributed by atoms with E-state index in [0.29, 0.717) is 46.3 Å². The molecule has 0 amide bonds. The summed E-state index contributed by atoms with van der Waals surface area (Å²) in [6.45, 7) is 4.15. The number of ketones is 1. The molecule has 0 saturated heterocycles. The van der Waals surface area contributed by atoms with Crippen molar-refractivity contribution in [3.63, 3.8) is 0 Å². The Morgan fingerprint density at radius 2 is 1.79 bits per heavy atom. The van der Waals surface area contributed by atoms with Gasteiger partial charge in [0.25, 0.3) is 5.56 Å². The molecule has 1 aliphatic carbocycles. The van der Waals surface area contributed by atoms with Gasteiger partial charge in [-0.15, -0.1) is 0 Å². The summed E-state index contributed by atoms with van der Waals surface area (Å²) in [6.07, 6.45) is 1.14. The number of aromatic nitrogens is 2. The highest BCUT2D eigenvalue weighted by molar-refractivity contribution is 7.98. The molecule has 2 N–H and O–H groups in total. The van der Waals surface area contributed by atoms with Crippen LogP contribution in [0.3, 0.4) is 0 Å². The average molecular weight is 462 g/mol. The van der Waals surface area contributed by atoms with Crippen LogP contribution in [-0.4, -0.2) is 15.8 Å². The number of nitrogens with one attached hydrogen (secondary N) is 2. The molecule has 0 fully saturated rings. The number of fused-ring (bicyclic) bond motifs is 1. The first-order valence-corrected chi connectivity index (χ1v) is 11.9. The van der Waals surface area contributed by atoms with Crippen LogP contribution in [0.2, 0.25) is 0 Å². The van der Waals surface area contributed by atoms with Gasteiger partial charge in [0, 0.05) is 29.4 Å². The quantitative estimate of drug-likeness (QED) is 0.402. The Kier molecular flexibility index (Phi) is 5.44. The minimum atomic E-state index is -0.470. The lowest BCUT2D eigenvalue weighted by molar-refractivity contribution is -0.118. The number of thioether (sulfide) groups is 1. The highest BCUT2D eigenvalue weighted by Gasteiger charge is 2.42. The minimum absolute atomic E-state index is 0.0608. The number of nitrogens with zero attached hydrogens (tertiary/aromatic N) is 1. The van der Waals surface area contributed by atoms with Crippen molar-refractivity contribution in [2.24, 2.45) is 5.41 Å². The summed E-state index contributed by atoms with van der Waals surface area (Å²) in [4.78, 5) is 34.1. The van der Waals surface area contributed by atoms with Gasteiger partial charge in [-0.2, -0.15) is 0 Å². The summed E-state index contributed by atoms with van der Waals surface area (Å²) in [7, 11) is 0. The highest BCUT2D eigenvalue weighted by atomic mass is 32.2. The third kappa shape index (κ3) is 4.13. The molecule has 0 radical (unpaired) electrons. The number of carbonyl (C=O) groups is 1. The molecule has 5 rings (SSSR count). The van der Waals surface area contributed by atoms with Crippen LogP contribution in [0.5, 0.6) is 0 Å². The van der Waals surface area contributed by atoms with Crippen molar-refractivity contribution < 1.29 is 9.18 Å². The SMILES string of the molecule is CC1(C)CC(=O)C2=C(C1)Nc1nc(SCc3ccccc3F)[nH]c(=O)c1[C@H]2c1ccccc1. The van der Waals surface area contributed by atoms with Crippen molar-refractivity contribution >= 4 is 23.4 Å². The number of carbonyl (C=O) groups excluding carboxylic acids is 1. The van der Waals surface area contributed by atoms with Crippen LogP contribution in [0.4, 0.5) is 10.2 Å². The molecule has 1 atom stereocenters. The van der Waals surface area contributed by atoms with Gasteiger partial charge < -0.3 is 10.3 Å². The Bertz CT molecular complexity index is 1330. The second-order valence-electron chi connectivity index (χ2n) is 9.32. The summed E-state index contributed by atoms with van der Waals surface area (Å²) < 4.78 is 14.0. The van der Waals surface area contributed by atoms with Crippen LogP contribution >= 0.6 is 11.8 Å². The van der Waals surface area contributed by atoms with Crippen LogP contribution in [0.25, 0.3) is 0 Å². The molecular weight excluding hydrogens is 437 g/mol. The first kappa shape index (κ1) is 21.6. The van der Waals surface area contributed by atoms with Crippen molar-refractivity contribution in [1.82, 2.24) is 9.97 Å². The Morgan fingerprint density at radius 1 is 1.06 bits per heavy atom. The van der Waals surface area contributed by atoms with E-state index < -0.39 is 5.92 Å². The third-order valence-corrected chi connectivity index (χ3v) is 7.08. The van der Waals surface area contributed by atoms with Gasteiger partial charge >= 0.3 is 0 Å². The van der Waals surface area contributed by atoms with Crippen molar-refractivity contribution in [2.45, 2.75) is 43.5 Å². The van der Waals surface area contributed by atoms with Crippen LogP contribution in [0.1, 0.15) is 49.3 Å². The van der Waals surface area contributed by atoms with E-state index in [-0.39, 0.29) is 22.6 Å². The van der Waals surface area contributed by atoms with E-state index in [9.17, 15) is 14.0 Å². The van der Waals surface area contributed by atoms with Gasteiger partial charge in [-0.3, -0.25) is 9.59 Å². The fourth-order valence-electron chi connectivity index (χ4n) is 4.70. The van der Waals surface area contributed by atoms with E-state index in [1.54, 1.807) is 18.2 Å². The molecule has 0 saturated carbocycles. The number of benzene rings is 2. The zero-order valence-electron chi connectivity index (χ0n) is 18.4. The zero-order chi connectivity index (χ0) is 23.2. The molecule has 2 heterocycles. The smallest absolute Gasteiger partial charge is 0.257 e. The van der Waals surface area contributed by atoms with Crippen molar-refractivity contribution in [2.75, 3.05) is 5.32 Å². The molecule has 2 aliphatic rings. The maximum Gasteiger partial charge on any atom is 0.257 e. The summed E-state index contributed by atoms with van der Waals surface area (Å²) in [5.41, 5.74) is 2.91. The predicted molar refractivity (Wildman–Crippen MR) is 128 cm³/mol. The zero-order valence-corrected chi connectivity index (χ0v) is 19.3. The molecule has 33 heavy (non-hydrogen) atoms. The Morgan fingerprint density at radius 3 is 2.55 bits per heavy atom. The van der Waals surface area contributed by atoms with Crippen LogP contribution in [0, 0.1) is 11.2 Å². The molecule has 2 aromatic carbocycles. The average Bonchev–Trinajstić information content (AvgIpc) is 2.77. The fourth-order valence-corrected chi connectivity index (χ4v) is 5.55. The lowest BCUT2D eigenvalue weighted by Gasteiger charge is -2.38. The highest BCUT2D eigenvalue weighted by Crippen LogP contribution is 2.47. The number of hydrogen-bond donors (Lipinski definition) is 2. The largest absolute Gasteiger partial charge is 0.343 e. The molecular formula is C26H24FN3O2S. The number of aromatic amines is 1. The van der Waals surface area contributed by atoms with Crippen LogP contribution < -0.4 is 10.9 Å². The Labute approximate surface area is 195 Å². The molecule has 1 aromatic heterocycles. The second-order valence-corrected chi connectivity index (χ2v) is 10.3. The molecule has 168 valence electrons. The van der Waals surface area contributed by atoms with Gasteiger partial charge in [0.15, 0.2) is 10.9 Å². The van der Waals surface area contributed by atoms with Crippen molar-refractivity contribution in [3.8, 4) is 0 Å². The monoisotopic (exact) mass is 461 g/mol. The van der Waals surface area contributed by atoms with Crippen LogP contribution in [0.15, 0.2) is 75.8 Å². The maximum absolute atomic E-state index is 14.0. The number of Topliss-reactive ketones (excluding diaryl/α,β-unsaturated/α-hetero) is 1. The lowest BCUT2D eigenvalue weighted by atomic mass is 9.69. The van der Waals surface area contributed by atoms with Gasteiger partial charge in [-0.25, -0.2) is 9.37 Å². The number of anilines is 1. The van der Waals surface area contributed by atoms with E-state index in [2.05, 4.69) is 29.1 Å². The summed E-state index contributed by atoms with van der Waals surface area (Å²) in [5, 5.41) is 3.72. The van der Waals surface area contributed by atoms with E-state index in [4.69, 9.17) is 0 Å². The van der Waals surface area contributed by atoms with Gasteiger partial charge in [-0.05, 0) is 29.0 Å². The molecule has 0 bridgehead atoms. The lowest BCUT2D eigenvalue weighted by Crippen LogP contribution is -2.37. The van der Waals surface area contributed by atoms with Crippen LogP contribution in [-0.2, 0) is 10.5 Å². The number of H-pyrrole nitrogens is 1. The molecule has 7 heteroatoms. The van der Waals surface area contributed by atoms with Crippen molar-refractivity contribution in [3.05, 3.63) is 98.7 Å². The fraction of sp³-hybridized carbons (Fsp3) is 0.269. The minimum Gasteiger partial charge on any atom is -0.343 e. The van der Waals surface area contributed by atoms with E-state index in [1.807, 2.05) is 30.3 Å². The molecule has 1 aliphatic heterocycles. The maximum atomic E-state index is 14.0. The number of halogens is 1. The molecule has 3 aromatic rings. The van der Waals surface area contributed by atoms with E-state index in [0.717, 1.165) is 11.3 Å². The summed E-state index contributed by atoms with van der Waals surface area (Å²) in [5.74, 6) is 0.113. The number of hydrogen-bond acceptors (Lipinski definition) is 5. The van der Waals surface area contributed by atoms with Gasteiger partial charge in [0.2, 0.25) is 0 Å². The molecule has 0 unspecified atom stereocenters. The van der Waals surface area contributed by atoms with Gasteiger partial charge in [0.05, 0.1) is 5.56 Å². The predicted octanol–water partition coefficient (Wildman–Crippen LogP) is 5.40. The Balaban J connectivity index is 1.58. The van der Waals surface area contributed by atoms with E-state index >= 15 is 0 Å². The number of allylic oxidation sites excluding steroid dienone is 2. The second kappa shape index (κ2) is 8.30. The topological polar surface area (TPSA) is 74.8 Å². The third-order valence-electron chi connectivity index (χ3n) is 6.16. The first-order valence-electron chi connectivity index (χ1n) is 10.9. The van der Waals surface area contributed by atoms with Gasteiger partial charge in [0.1, 0.15) is 11.6 Å². The Hall–Kier alpha value is -3.19. The summed E-state index contributed by atoms with van der Waals surface area (Å²) >= 11 is 1.27. The number of rotatable bonds is 4.